The monoisotopic (exact) mass is 253 g/mol. The molecule has 0 spiro atoms. The van der Waals surface area contributed by atoms with Crippen molar-refractivity contribution < 1.29 is 4.79 Å². The molecular formula is C9H8BrN3O. The molecule has 14 heavy (non-hydrogen) atoms. The Balaban J connectivity index is 2.62. The molecule has 1 heterocycles. The van der Waals surface area contributed by atoms with Gasteiger partial charge in [-0.2, -0.15) is 0 Å². The highest BCUT2D eigenvalue weighted by atomic mass is 79.9. The van der Waals surface area contributed by atoms with E-state index in [1.807, 2.05) is 18.2 Å². The van der Waals surface area contributed by atoms with E-state index in [1.165, 1.54) is 0 Å². The summed E-state index contributed by atoms with van der Waals surface area (Å²) in [5.41, 5.74) is 3.43. The lowest BCUT2D eigenvalue weighted by molar-refractivity contribution is 0.0949. The number of carbonyl (C=O) groups is 1. The van der Waals surface area contributed by atoms with E-state index in [9.17, 15) is 4.79 Å². The third kappa shape index (κ3) is 1.40. The Morgan fingerprint density at radius 3 is 2.93 bits per heavy atom. The van der Waals surface area contributed by atoms with Crippen LogP contribution < -0.4 is 11.3 Å². The fourth-order valence-corrected chi connectivity index (χ4v) is 1.80. The molecule has 0 radical (unpaired) electrons. The fourth-order valence-electron chi connectivity index (χ4n) is 1.32. The molecule has 1 amide bonds. The van der Waals surface area contributed by atoms with Crippen LogP contribution in [-0.4, -0.2) is 10.9 Å². The number of nitrogen functional groups attached to an aromatic ring is 1. The molecule has 0 bridgehead atoms. The number of hydrogen-bond donors (Lipinski definition) is 3. The summed E-state index contributed by atoms with van der Waals surface area (Å²) in [6.07, 6.45) is 0. The maximum absolute atomic E-state index is 11.2. The molecule has 0 fully saturated rings. The number of hydrogen-bond acceptors (Lipinski definition) is 2. The van der Waals surface area contributed by atoms with Gasteiger partial charge in [-0.05, 0) is 18.2 Å². The van der Waals surface area contributed by atoms with E-state index >= 15 is 0 Å². The predicted octanol–water partition coefficient (Wildman–Crippen LogP) is 1.53. The number of rotatable bonds is 1. The molecule has 0 unspecified atom stereocenters. The van der Waals surface area contributed by atoms with Gasteiger partial charge in [-0.25, -0.2) is 5.84 Å². The predicted molar refractivity (Wildman–Crippen MR) is 57.7 cm³/mol. The number of nitrogens with one attached hydrogen (secondary N) is 2. The van der Waals surface area contributed by atoms with Crippen molar-refractivity contribution in [2.45, 2.75) is 0 Å². The number of benzene rings is 1. The Labute approximate surface area is 88.6 Å². The van der Waals surface area contributed by atoms with Crippen molar-refractivity contribution in [1.82, 2.24) is 10.4 Å². The van der Waals surface area contributed by atoms with Gasteiger partial charge in [0.2, 0.25) is 0 Å². The van der Waals surface area contributed by atoms with Crippen LogP contribution in [0.3, 0.4) is 0 Å². The Morgan fingerprint density at radius 1 is 1.50 bits per heavy atom. The van der Waals surface area contributed by atoms with Gasteiger partial charge >= 0.3 is 0 Å². The lowest BCUT2D eigenvalue weighted by Gasteiger charge is -1.92. The van der Waals surface area contributed by atoms with E-state index in [1.54, 1.807) is 6.07 Å². The molecular weight excluding hydrogens is 246 g/mol. The lowest BCUT2D eigenvalue weighted by Crippen LogP contribution is -2.30. The summed E-state index contributed by atoms with van der Waals surface area (Å²) in [5.74, 6) is 4.71. The topological polar surface area (TPSA) is 70.9 Å². The van der Waals surface area contributed by atoms with Crippen LogP contribution in [-0.2, 0) is 0 Å². The minimum Gasteiger partial charge on any atom is -0.350 e. The zero-order valence-electron chi connectivity index (χ0n) is 7.17. The lowest BCUT2D eigenvalue weighted by atomic mass is 10.2. The molecule has 72 valence electrons. The third-order valence-corrected chi connectivity index (χ3v) is 2.68. The minimum absolute atomic E-state index is 0.326. The molecule has 0 atom stereocenters. The van der Waals surface area contributed by atoms with Crippen LogP contribution in [0.25, 0.3) is 10.9 Å². The molecule has 0 aliphatic carbocycles. The van der Waals surface area contributed by atoms with E-state index < -0.39 is 0 Å². The molecule has 2 aromatic rings. The van der Waals surface area contributed by atoms with E-state index in [2.05, 4.69) is 26.3 Å². The molecule has 0 aliphatic rings. The summed E-state index contributed by atoms with van der Waals surface area (Å²) >= 11 is 3.40. The summed E-state index contributed by atoms with van der Waals surface area (Å²) < 4.78 is 0.947. The van der Waals surface area contributed by atoms with Gasteiger partial charge in [0.1, 0.15) is 5.69 Å². The van der Waals surface area contributed by atoms with E-state index in [0.29, 0.717) is 5.69 Å². The van der Waals surface area contributed by atoms with Crippen LogP contribution in [0.1, 0.15) is 10.5 Å². The third-order valence-electron chi connectivity index (χ3n) is 1.99. The summed E-state index contributed by atoms with van der Waals surface area (Å²) in [6.45, 7) is 0. The van der Waals surface area contributed by atoms with Gasteiger partial charge in [0.05, 0.1) is 0 Å². The van der Waals surface area contributed by atoms with Gasteiger partial charge in [0.15, 0.2) is 0 Å². The van der Waals surface area contributed by atoms with Crippen molar-refractivity contribution >= 4 is 32.7 Å². The molecule has 5 heteroatoms. The van der Waals surface area contributed by atoms with Crippen molar-refractivity contribution in [1.29, 1.82) is 0 Å². The van der Waals surface area contributed by atoms with Crippen molar-refractivity contribution in [3.63, 3.8) is 0 Å². The van der Waals surface area contributed by atoms with E-state index in [0.717, 1.165) is 15.4 Å². The second-order valence-electron chi connectivity index (χ2n) is 2.86. The highest BCUT2D eigenvalue weighted by Gasteiger charge is 2.08. The average Bonchev–Trinajstić information content (AvgIpc) is 2.62. The van der Waals surface area contributed by atoms with Crippen molar-refractivity contribution in [2.24, 2.45) is 5.84 Å². The first-order valence-corrected chi connectivity index (χ1v) is 4.80. The van der Waals surface area contributed by atoms with Gasteiger partial charge < -0.3 is 4.98 Å². The molecule has 4 nitrogen and oxygen atoms in total. The Morgan fingerprint density at radius 2 is 2.29 bits per heavy atom. The van der Waals surface area contributed by atoms with Gasteiger partial charge in [-0.3, -0.25) is 10.2 Å². The van der Waals surface area contributed by atoms with E-state index in [4.69, 9.17) is 5.84 Å². The molecule has 0 aliphatic heterocycles. The average molecular weight is 254 g/mol. The standard InChI is InChI=1S/C9H8BrN3O/c10-6-2-1-3-7-5(6)4-8(12-7)9(14)13-11/h1-4,12H,11H2,(H,13,14). The number of fused-ring (bicyclic) bond motifs is 1. The number of aromatic amines is 1. The second-order valence-corrected chi connectivity index (χ2v) is 3.71. The number of nitrogens with two attached hydrogens (primary N) is 1. The highest BCUT2D eigenvalue weighted by molar-refractivity contribution is 9.10. The molecule has 1 aromatic carbocycles. The summed E-state index contributed by atoms with van der Waals surface area (Å²) in [7, 11) is 0. The summed E-state index contributed by atoms with van der Waals surface area (Å²) in [6, 6.07) is 7.46. The van der Waals surface area contributed by atoms with E-state index in [-0.39, 0.29) is 5.91 Å². The zero-order chi connectivity index (χ0) is 10.1. The van der Waals surface area contributed by atoms with Crippen LogP contribution in [0.2, 0.25) is 0 Å². The quantitative estimate of drug-likeness (QED) is 0.410. The number of amides is 1. The minimum atomic E-state index is -0.326. The second kappa shape index (κ2) is 3.43. The zero-order valence-corrected chi connectivity index (χ0v) is 8.76. The van der Waals surface area contributed by atoms with Gasteiger partial charge in [0, 0.05) is 15.4 Å². The fraction of sp³-hybridized carbons (Fsp3) is 0. The number of H-pyrrole nitrogens is 1. The SMILES string of the molecule is NNC(=O)c1cc2c(Br)cccc2[nH]1. The van der Waals surface area contributed by atoms with Gasteiger partial charge in [-0.1, -0.05) is 22.0 Å². The normalized spacial score (nSPS) is 10.4. The Bertz CT molecular complexity index is 492. The molecule has 0 saturated heterocycles. The van der Waals surface area contributed by atoms with Crippen LogP contribution >= 0.6 is 15.9 Å². The van der Waals surface area contributed by atoms with Crippen LogP contribution in [0, 0.1) is 0 Å². The van der Waals surface area contributed by atoms with Gasteiger partial charge in [0.25, 0.3) is 5.91 Å². The largest absolute Gasteiger partial charge is 0.350 e. The van der Waals surface area contributed by atoms with Crippen LogP contribution in [0.15, 0.2) is 28.7 Å². The Kier molecular flexibility index (Phi) is 2.26. The smallest absolute Gasteiger partial charge is 0.281 e. The van der Waals surface area contributed by atoms with Gasteiger partial charge in [-0.15, -0.1) is 0 Å². The number of hydrazine groups is 1. The number of aromatic nitrogens is 1. The maximum Gasteiger partial charge on any atom is 0.281 e. The first kappa shape index (κ1) is 9.23. The Hall–Kier alpha value is -1.33. The first-order valence-electron chi connectivity index (χ1n) is 4.00. The maximum atomic E-state index is 11.2. The molecule has 2 rings (SSSR count). The van der Waals surface area contributed by atoms with Crippen molar-refractivity contribution in [2.75, 3.05) is 0 Å². The van der Waals surface area contributed by atoms with Crippen LogP contribution in [0.4, 0.5) is 0 Å². The van der Waals surface area contributed by atoms with Crippen LogP contribution in [0.5, 0.6) is 0 Å². The number of halogens is 1. The van der Waals surface area contributed by atoms with Crippen molar-refractivity contribution in [3.8, 4) is 0 Å². The van der Waals surface area contributed by atoms with Crippen molar-refractivity contribution in [3.05, 3.63) is 34.4 Å². The molecule has 4 N–H and O–H groups in total. The first-order chi connectivity index (χ1) is 6.72. The number of carbonyl (C=O) groups excluding carboxylic acids is 1. The summed E-state index contributed by atoms with van der Waals surface area (Å²) in [5, 5.41) is 0.964. The highest BCUT2D eigenvalue weighted by Crippen LogP contribution is 2.24. The summed E-state index contributed by atoms with van der Waals surface area (Å²) in [4.78, 5) is 14.2. The molecule has 0 saturated carbocycles. The molecule has 1 aromatic heterocycles.